The van der Waals surface area contributed by atoms with Gasteiger partial charge in [-0.1, -0.05) is 13.8 Å². The van der Waals surface area contributed by atoms with Gasteiger partial charge in [-0.3, -0.25) is 0 Å². The van der Waals surface area contributed by atoms with E-state index in [0.717, 1.165) is 18.0 Å². The molecule has 1 aromatic rings. The number of nitrogens with one attached hydrogen (secondary N) is 1. The maximum atomic E-state index is 5.69. The van der Waals surface area contributed by atoms with E-state index in [9.17, 15) is 0 Å². The van der Waals surface area contributed by atoms with Gasteiger partial charge in [0, 0.05) is 6.54 Å². The molecule has 0 radical (unpaired) electrons. The van der Waals surface area contributed by atoms with Crippen molar-refractivity contribution in [2.45, 2.75) is 27.2 Å². The Morgan fingerprint density at radius 1 is 1.53 bits per heavy atom. The monoisotopic (exact) mass is 229 g/mol. The first-order valence-corrected chi connectivity index (χ1v) is 6.04. The molecule has 0 amide bonds. The summed E-state index contributed by atoms with van der Waals surface area (Å²) in [5, 5.41) is 4.24. The van der Waals surface area contributed by atoms with E-state index in [1.807, 2.05) is 6.92 Å². The van der Waals surface area contributed by atoms with Gasteiger partial charge in [-0.2, -0.15) is 4.37 Å². The van der Waals surface area contributed by atoms with Gasteiger partial charge in [-0.15, -0.1) is 0 Å². The average molecular weight is 229 g/mol. The molecule has 3 N–H and O–H groups in total. The van der Waals surface area contributed by atoms with Crippen LogP contribution in [0.15, 0.2) is 0 Å². The van der Waals surface area contributed by atoms with Gasteiger partial charge in [0.1, 0.15) is 0 Å². The van der Waals surface area contributed by atoms with Crippen molar-refractivity contribution < 1.29 is 4.74 Å². The van der Waals surface area contributed by atoms with Crippen molar-refractivity contribution in [2.24, 2.45) is 5.92 Å². The van der Waals surface area contributed by atoms with Crippen molar-refractivity contribution in [1.29, 1.82) is 0 Å². The van der Waals surface area contributed by atoms with Gasteiger partial charge in [0.05, 0.1) is 6.61 Å². The molecule has 0 aliphatic heterocycles. The Morgan fingerprint density at radius 3 is 2.87 bits per heavy atom. The Hall–Kier alpha value is -0.970. The minimum Gasteiger partial charge on any atom is -0.487 e. The number of hydrogen-bond acceptors (Lipinski definition) is 5. The lowest BCUT2D eigenvalue weighted by molar-refractivity contribution is 0.344. The summed E-state index contributed by atoms with van der Waals surface area (Å²) in [5.41, 5.74) is 5.69. The van der Waals surface area contributed by atoms with E-state index in [0.29, 0.717) is 24.1 Å². The summed E-state index contributed by atoms with van der Waals surface area (Å²) in [4.78, 5) is 0. The number of hydrogen-bond donors (Lipinski definition) is 2. The van der Waals surface area contributed by atoms with Gasteiger partial charge in [0.2, 0.25) is 0 Å². The van der Waals surface area contributed by atoms with Crippen molar-refractivity contribution in [3.05, 3.63) is 0 Å². The Labute approximate surface area is 95.0 Å². The molecule has 1 aromatic heterocycles. The molecule has 15 heavy (non-hydrogen) atoms. The predicted octanol–water partition coefficient (Wildman–Crippen LogP) is 2.58. The smallest absolute Gasteiger partial charge is 0.197 e. The zero-order chi connectivity index (χ0) is 11.3. The molecule has 86 valence electrons. The number of anilines is 2. The third-order valence-corrected chi connectivity index (χ3v) is 2.77. The Morgan fingerprint density at radius 2 is 2.27 bits per heavy atom. The standard InChI is InChI=1S/C10H19N3OS/c1-4-14-8-9(11)13-15-10(8)12-6-5-7(2)3/h7,12H,4-6H2,1-3H3,(H2,11,13). The van der Waals surface area contributed by atoms with E-state index in [4.69, 9.17) is 10.5 Å². The van der Waals surface area contributed by atoms with Crippen LogP contribution in [-0.4, -0.2) is 17.5 Å². The molecule has 0 fully saturated rings. The molecule has 0 atom stereocenters. The summed E-state index contributed by atoms with van der Waals surface area (Å²) in [5.74, 6) is 1.87. The third kappa shape index (κ3) is 3.58. The van der Waals surface area contributed by atoms with Crippen LogP contribution >= 0.6 is 11.5 Å². The van der Waals surface area contributed by atoms with Crippen LogP contribution < -0.4 is 15.8 Å². The SMILES string of the molecule is CCOc1c(N)nsc1NCCC(C)C. The van der Waals surface area contributed by atoms with E-state index >= 15 is 0 Å². The summed E-state index contributed by atoms with van der Waals surface area (Å²) < 4.78 is 9.49. The lowest BCUT2D eigenvalue weighted by Gasteiger charge is -2.08. The summed E-state index contributed by atoms with van der Waals surface area (Å²) in [6.07, 6.45) is 1.13. The molecule has 0 aromatic carbocycles. The Kier molecular flexibility index (Phi) is 4.68. The van der Waals surface area contributed by atoms with Crippen molar-refractivity contribution in [2.75, 3.05) is 24.2 Å². The van der Waals surface area contributed by atoms with Gasteiger partial charge < -0.3 is 15.8 Å². The van der Waals surface area contributed by atoms with Crippen LogP contribution in [0.2, 0.25) is 0 Å². The van der Waals surface area contributed by atoms with E-state index in [2.05, 4.69) is 23.5 Å². The molecule has 1 rings (SSSR count). The van der Waals surface area contributed by atoms with Gasteiger partial charge >= 0.3 is 0 Å². The lowest BCUT2D eigenvalue weighted by atomic mass is 10.1. The predicted molar refractivity (Wildman–Crippen MR) is 65.6 cm³/mol. The molecule has 4 nitrogen and oxygen atoms in total. The van der Waals surface area contributed by atoms with E-state index in [1.54, 1.807) is 0 Å². The van der Waals surface area contributed by atoms with Crippen LogP contribution in [-0.2, 0) is 0 Å². The minimum atomic E-state index is 0.480. The normalized spacial score (nSPS) is 10.7. The van der Waals surface area contributed by atoms with Gasteiger partial charge in [0.25, 0.3) is 0 Å². The molecule has 0 saturated carbocycles. The quantitative estimate of drug-likeness (QED) is 0.787. The van der Waals surface area contributed by atoms with Crippen LogP contribution in [0.3, 0.4) is 0 Å². The van der Waals surface area contributed by atoms with E-state index < -0.39 is 0 Å². The van der Waals surface area contributed by atoms with E-state index in [1.165, 1.54) is 11.5 Å². The van der Waals surface area contributed by atoms with Crippen LogP contribution in [0.5, 0.6) is 5.75 Å². The highest BCUT2D eigenvalue weighted by Gasteiger charge is 2.11. The lowest BCUT2D eigenvalue weighted by Crippen LogP contribution is -2.05. The molecule has 0 aliphatic carbocycles. The summed E-state index contributed by atoms with van der Waals surface area (Å²) in [7, 11) is 0. The first-order valence-electron chi connectivity index (χ1n) is 5.27. The maximum absolute atomic E-state index is 5.69. The Balaban J connectivity index is 2.52. The summed E-state index contributed by atoms with van der Waals surface area (Å²) in [6.45, 7) is 7.88. The largest absolute Gasteiger partial charge is 0.487 e. The van der Waals surface area contributed by atoms with Crippen LogP contribution in [0, 0.1) is 5.92 Å². The number of nitrogens with zero attached hydrogens (tertiary/aromatic N) is 1. The fourth-order valence-electron chi connectivity index (χ4n) is 1.16. The van der Waals surface area contributed by atoms with Crippen LogP contribution in [0.25, 0.3) is 0 Å². The Bertz CT molecular complexity index is 299. The van der Waals surface area contributed by atoms with Crippen molar-refractivity contribution in [3.63, 3.8) is 0 Å². The molecule has 5 heteroatoms. The average Bonchev–Trinajstić information content (AvgIpc) is 2.50. The number of nitrogens with two attached hydrogens (primary N) is 1. The number of nitrogen functional groups attached to an aromatic ring is 1. The van der Waals surface area contributed by atoms with Crippen LogP contribution in [0.1, 0.15) is 27.2 Å². The maximum Gasteiger partial charge on any atom is 0.197 e. The molecular weight excluding hydrogens is 210 g/mol. The zero-order valence-electron chi connectivity index (χ0n) is 9.54. The second kappa shape index (κ2) is 5.80. The molecule has 1 heterocycles. The van der Waals surface area contributed by atoms with Gasteiger partial charge in [-0.25, -0.2) is 0 Å². The molecule has 0 saturated heterocycles. The van der Waals surface area contributed by atoms with Crippen molar-refractivity contribution >= 4 is 22.4 Å². The van der Waals surface area contributed by atoms with Gasteiger partial charge in [0.15, 0.2) is 16.6 Å². The second-order valence-corrected chi connectivity index (χ2v) is 4.54. The topological polar surface area (TPSA) is 60.2 Å². The molecule has 0 bridgehead atoms. The fraction of sp³-hybridized carbons (Fsp3) is 0.700. The van der Waals surface area contributed by atoms with E-state index in [-0.39, 0.29) is 0 Å². The fourth-order valence-corrected chi connectivity index (χ4v) is 1.85. The zero-order valence-corrected chi connectivity index (χ0v) is 10.4. The third-order valence-electron chi connectivity index (χ3n) is 1.97. The highest BCUT2D eigenvalue weighted by molar-refractivity contribution is 7.11. The van der Waals surface area contributed by atoms with Crippen LogP contribution in [0.4, 0.5) is 10.8 Å². The van der Waals surface area contributed by atoms with Crippen molar-refractivity contribution in [3.8, 4) is 5.75 Å². The first kappa shape index (κ1) is 12.1. The molecule has 0 spiro atoms. The number of rotatable bonds is 6. The number of ether oxygens (including phenoxy) is 1. The highest BCUT2D eigenvalue weighted by atomic mass is 32.1. The molecular formula is C10H19N3OS. The number of aromatic nitrogens is 1. The van der Waals surface area contributed by atoms with Gasteiger partial charge in [-0.05, 0) is 30.8 Å². The highest BCUT2D eigenvalue weighted by Crippen LogP contribution is 2.34. The summed E-state index contributed by atoms with van der Waals surface area (Å²) >= 11 is 1.36. The second-order valence-electron chi connectivity index (χ2n) is 3.77. The molecule has 0 aliphatic rings. The van der Waals surface area contributed by atoms with Crippen molar-refractivity contribution in [1.82, 2.24) is 4.37 Å². The first-order chi connectivity index (χ1) is 7.15. The summed E-state index contributed by atoms with van der Waals surface area (Å²) in [6, 6.07) is 0. The minimum absolute atomic E-state index is 0.480. The molecule has 0 unspecified atom stereocenters.